The highest BCUT2D eigenvalue weighted by Gasteiger charge is 2.67. The van der Waals surface area contributed by atoms with Crippen molar-refractivity contribution in [2.45, 2.75) is 121 Å². The lowest BCUT2D eigenvalue weighted by atomic mass is 9.43. The number of aliphatic hydroxyl groups is 4. The molecule has 0 aromatic heterocycles. The molecule has 198 valence electrons. The Balaban J connectivity index is 0.00000274. The van der Waals surface area contributed by atoms with Crippen LogP contribution < -0.4 is 5.73 Å². The molecule has 6 N–H and O–H groups in total. The van der Waals surface area contributed by atoms with Crippen LogP contribution in [0.5, 0.6) is 0 Å². The monoisotopic (exact) mass is 503 g/mol. The van der Waals surface area contributed by atoms with Gasteiger partial charge in [0.15, 0.2) is 6.29 Å². The summed E-state index contributed by atoms with van der Waals surface area (Å²) in [6, 6.07) is 0. The van der Waals surface area contributed by atoms with E-state index in [1.807, 2.05) is 0 Å². The van der Waals surface area contributed by atoms with Gasteiger partial charge >= 0.3 is 0 Å². The highest BCUT2D eigenvalue weighted by molar-refractivity contribution is 5.85. The number of fused-ring (bicyclic) bond motifs is 5. The van der Waals surface area contributed by atoms with Gasteiger partial charge in [-0.1, -0.05) is 13.8 Å². The Morgan fingerprint density at radius 2 is 1.65 bits per heavy atom. The molecule has 0 bridgehead atoms. The van der Waals surface area contributed by atoms with Gasteiger partial charge in [-0.25, -0.2) is 0 Å². The minimum Gasteiger partial charge on any atom is -0.389 e. The van der Waals surface area contributed by atoms with Crippen molar-refractivity contribution in [2.75, 3.05) is 6.54 Å². The van der Waals surface area contributed by atoms with Crippen molar-refractivity contribution in [1.29, 1.82) is 0 Å². The summed E-state index contributed by atoms with van der Waals surface area (Å²) in [5.41, 5.74) is 5.68. The third kappa shape index (κ3) is 3.80. The number of nitrogens with two attached hydrogens (primary N) is 1. The van der Waals surface area contributed by atoms with Gasteiger partial charge in [-0.15, -0.1) is 12.4 Å². The molecule has 34 heavy (non-hydrogen) atoms. The highest BCUT2D eigenvalue weighted by atomic mass is 35.5. The molecule has 0 spiro atoms. The van der Waals surface area contributed by atoms with Crippen molar-refractivity contribution < 1.29 is 29.9 Å². The topological polar surface area (TPSA) is 125 Å². The Hall–Kier alpha value is 0.01000. The van der Waals surface area contributed by atoms with Crippen LogP contribution in [0.1, 0.15) is 78.6 Å². The summed E-state index contributed by atoms with van der Waals surface area (Å²) in [5.74, 6) is 1.83. The first-order valence-corrected chi connectivity index (χ1v) is 13.3. The standard InChI is InChI=1S/C26H45NO6.ClH/c1-14-20(28)21(29)22(30)23(32-14)33-17-7-9-24(2)15(12-17)4-5-19-18(24)8-10-25(3)16(13-27)6-11-26(19,25)31;/h14-23,28-31H,4-13,27H2,1-3H3;1H/t14?,15-,16-,17+,18?,19?,20+,21+,22?,23+,24+,25-,26+;/m1./s1. The molecule has 0 amide bonds. The number of hydrogen-bond donors (Lipinski definition) is 5. The maximum atomic E-state index is 12.1. The smallest absolute Gasteiger partial charge is 0.186 e. The van der Waals surface area contributed by atoms with Crippen LogP contribution in [0.2, 0.25) is 0 Å². The second-order valence-electron chi connectivity index (χ2n) is 12.6. The van der Waals surface area contributed by atoms with Crippen LogP contribution in [0.25, 0.3) is 0 Å². The zero-order valence-electron chi connectivity index (χ0n) is 20.9. The maximum absolute atomic E-state index is 12.1. The fourth-order valence-corrected chi connectivity index (χ4v) is 9.11. The molecule has 0 radical (unpaired) electrons. The van der Waals surface area contributed by atoms with Crippen LogP contribution in [-0.4, -0.2) is 69.4 Å². The highest BCUT2D eigenvalue weighted by Crippen LogP contribution is 2.68. The maximum Gasteiger partial charge on any atom is 0.186 e. The van der Waals surface area contributed by atoms with E-state index in [0.29, 0.717) is 30.2 Å². The second-order valence-corrected chi connectivity index (χ2v) is 12.6. The van der Waals surface area contributed by atoms with Gasteiger partial charge in [0.1, 0.15) is 18.3 Å². The first-order valence-electron chi connectivity index (χ1n) is 13.3. The summed E-state index contributed by atoms with van der Waals surface area (Å²) in [6.45, 7) is 7.11. The van der Waals surface area contributed by atoms with Gasteiger partial charge in [-0.05, 0) is 100 Å². The number of ether oxygens (including phenoxy) is 2. The minimum absolute atomic E-state index is 0. The molecule has 4 aliphatic carbocycles. The third-order valence-corrected chi connectivity index (χ3v) is 11.4. The van der Waals surface area contributed by atoms with Crippen LogP contribution in [0.15, 0.2) is 0 Å². The van der Waals surface area contributed by atoms with Crippen molar-refractivity contribution >= 4 is 12.4 Å². The van der Waals surface area contributed by atoms with Gasteiger partial charge in [-0.3, -0.25) is 0 Å². The molecule has 13 atom stereocenters. The lowest BCUT2D eigenvalue weighted by molar-refractivity contribution is -0.310. The Kier molecular flexibility index (Phi) is 7.47. The molecule has 0 aromatic carbocycles. The van der Waals surface area contributed by atoms with Gasteiger partial charge in [-0.2, -0.15) is 0 Å². The van der Waals surface area contributed by atoms with E-state index in [-0.39, 0.29) is 29.3 Å². The quantitative estimate of drug-likeness (QED) is 0.374. The first-order chi connectivity index (χ1) is 15.5. The summed E-state index contributed by atoms with van der Waals surface area (Å²) < 4.78 is 11.9. The summed E-state index contributed by atoms with van der Waals surface area (Å²) in [6.07, 6.45) is 4.03. The van der Waals surface area contributed by atoms with E-state index in [2.05, 4.69) is 13.8 Å². The minimum atomic E-state index is -1.26. The van der Waals surface area contributed by atoms with Crippen LogP contribution in [0.3, 0.4) is 0 Å². The van der Waals surface area contributed by atoms with Crippen molar-refractivity contribution in [3.05, 3.63) is 0 Å². The Labute approximate surface area is 210 Å². The molecule has 8 heteroatoms. The molecular weight excluding hydrogens is 458 g/mol. The predicted molar refractivity (Wildman–Crippen MR) is 130 cm³/mol. The van der Waals surface area contributed by atoms with Crippen molar-refractivity contribution in [1.82, 2.24) is 0 Å². The van der Waals surface area contributed by atoms with Crippen molar-refractivity contribution in [2.24, 2.45) is 40.2 Å². The van der Waals surface area contributed by atoms with E-state index >= 15 is 0 Å². The number of hydrogen-bond acceptors (Lipinski definition) is 7. The zero-order chi connectivity index (χ0) is 23.8. The summed E-state index contributed by atoms with van der Waals surface area (Å²) in [4.78, 5) is 0. The summed E-state index contributed by atoms with van der Waals surface area (Å²) in [7, 11) is 0. The largest absolute Gasteiger partial charge is 0.389 e. The van der Waals surface area contributed by atoms with E-state index in [9.17, 15) is 20.4 Å². The van der Waals surface area contributed by atoms with E-state index in [4.69, 9.17) is 15.2 Å². The molecule has 5 aliphatic rings. The van der Waals surface area contributed by atoms with Crippen LogP contribution in [0.4, 0.5) is 0 Å². The number of rotatable bonds is 3. The molecule has 1 aliphatic heterocycles. The average molecular weight is 504 g/mol. The van der Waals surface area contributed by atoms with Crippen LogP contribution in [-0.2, 0) is 9.47 Å². The molecule has 4 unspecified atom stereocenters. The van der Waals surface area contributed by atoms with Crippen LogP contribution in [0, 0.1) is 34.5 Å². The van der Waals surface area contributed by atoms with Gasteiger partial charge in [0.2, 0.25) is 0 Å². The summed E-state index contributed by atoms with van der Waals surface area (Å²) >= 11 is 0. The first kappa shape index (κ1) is 27.1. The van der Waals surface area contributed by atoms with Gasteiger partial charge < -0.3 is 35.6 Å². The van der Waals surface area contributed by atoms with E-state index in [0.717, 1.165) is 51.4 Å². The van der Waals surface area contributed by atoms with Crippen molar-refractivity contribution in [3.8, 4) is 0 Å². The van der Waals surface area contributed by atoms with E-state index in [1.165, 1.54) is 6.42 Å². The molecule has 1 saturated heterocycles. The van der Waals surface area contributed by atoms with E-state index in [1.54, 1.807) is 6.92 Å². The molecule has 1 heterocycles. The Morgan fingerprint density at radius 3 is 2.35 bits per heavy atom. The van der Waals surface area contributed by atoms with E-state index < -0.39 is 36.3 Å². The number of halogens is 1. The molecule has 5 fully saturated rings. The lowest BCUT2D eigenvalue weighted by Gasteiger charge is -2.63. The van der Waals surface area contributed by atoms with Gasteiger partial charge in [0.25, 0.3) is 0 Å². The fourth-order valence-electron chi connectivity index (χ4n) is 9.11. The normalized spacial score (nSPS) is 57.2. The van der Waals surface area contributed by atoms with Gasteiger partial charge in [0.05, 0.1) is 17.8 Å². The summed E-state index contributed by atoms with van der Waals surface area (Å²) in [5, 5.41) is 42.5. The Morgan fingerprint density at radius 1 is 0.912 bits per heavy atom. The van der Waals surface area contributed by atoms with Crippen LogP contribution >= 0.6 is 12.4 Å². The van der Waals surface area contributed by atoms with Crippen molar-refractivity contribution in [3.63, 3.8) is 0 Å². The van der Waals surface area contributed by atoms with Gasteiger partial charge in [0, 0.05) is 5.41 Å². The fraction of sp³-hybridized carbons (Fsp3) is 1.00. The molecule has 5 rings (SSSR count). The molecule has 0 aromatic rings. The predicted octanol–water partition coefficient (Wildman–Crippen LogP) is 2.35. The molecular formula is C26H46ClNO6. The SMILES string of the molecule is CC1O[C@@H](O[C@H]2CC[C@]3(C)C4CC[C@]5(C)[C@@H](CN)CC[C@]5(O)C4CC[C@@H]3C2)C(O)[C@@H](O)[C@H]1O.Cl. The third-order valence-electron chi connectivity index (χ3n) is 11.4. The number of aliphatic hydroxyl groups excluding tert-OH is 3. The molecule has 4 saturated carbocycles. The second kappa shape index (κ2) is 9.39. The molecule has 7 nitrogen and oxygen atoms in total. The average Bonchev–Trinajstić information content (AvgIpc) is 3.06. The lowest BCUT2D eigenvalue weighted by Crippen LogP contribution is -2.63. The Bertz CT molecular complexity index is 744. The zero-order valence-corrected chi connectivity index (χ0v) is 21.8.